The quantitative estimate of drug-likeness (QED) is 0.443. The number of aromatic nitrogens is 5. The number of pyridine rings is 3. The Morgan fingerprint density at radius 2 is 1.62 bits per heavy atom. The summed E-state index contributed by atoms with van der Waals surface area (Å²) in [5, 5.41) is 3.19. The fourth-order valence-corrected chi connectivity index (χ4v) is 2.86. The molecule has 2 N–H and O–H groups in total. The minimum atomic E-state index is -4.78. The molecule has 0 amide bonds. The SMILES string of the molecule is O=c1ncc(C(F)(F)F)c(-c2ccc3c(Nc4ccc(C(F)(F)F)cn4)ccnc3n2)[nH]1. The first-order valence-corrected chi connectivity index (χ1v) is 8.75. The van der Waals surface area contributed by atoms with E-state index in [0.717, 1.165) is 12.1 Å². The molecule has 4 heterocycles. The van der Waals surface area contributed by atoms with E-state index >= 15 is 0 Å². The van der Waals surface area contributed by atoms with E-state index in [2.05, 4.69) is 25.3 Å². The Morgan fingerprint density at radius 3 is 2.28 bits per heavy atom. The lowest BCUT2D eigenvalue weighted by atomic mass is 10.1. The topological polar surface area (TPSA) is 96.5 Å². The molecule has 164 valence electrons. The summed E-state index contributed by atoms with van der Waals surface area (Å²) in [5.41, 5.74) is -3.43. The Kier molecular flexibility index (Phi) is 5.03. The number of alkyl halides is 6. The number of hydrogen-bond donors (Lipinski definition) is 2. The molecule has 0 bridgehead atoms. The molecule has 4 rings (SSSR count). The molecule has 0 saturated heterocycles. The Labute approximate surface area is 174 Å². The number of aromatic amines is 1. The Morgan fingerprint density at radius 1 is 0.844 bits per heavy atom. The van der Waals surface area contributed by atoms with E-state index in [1.807, 2.05) is 4.98 Å². The van der Waals surface area contributed by atoms with Crippen LogP contribution >= 0.6 is 0 Å². The van der Waals surface area contributed by atoms with Gasteiger partial charge in [0, 0.05) is 24.0 Å². The van der Waals surface area contributed by atoms with E-state index in [9.17, 15) is 31.1 Å². The normalized spacial score (nSPS) is 12.2. The third kappa shape index (κ3) is 4.22. The van der Waals surface area contributed by atoms with Crippen LogP contribution in [-0.2, 0) is 12.4 Å². The largest absolute Gasteiger partial charge is 0.419 e. The van der Waals surface area contributed by atoms with Crippen LogP contribution < -0.4 is 11.0 Å². The smallest absolute Gasteiger partial charge is 0.340 e. The van der Waals surface area contributed by atoms with Gasteiger partial charge in [-0.1, -0.05) is 0 Å². The minimum Gasteiger partial charge on any atom is -0.340 e. The molecule has 0 aromatic carbocycles. The number of anilines is 2. The zero-order valence-corrected chi connectivity index (χ0v) is 15.6. The van der Waals surface area contributed by atoms with Crippen molar-refractivity contribution in [3.8, 4) is 11.4 Å². The number of halogens is 6. The van der Waals surface area contributed by atoms with Crippen molar-refractivity contribution in [1.82, 2.24) is 24.9 Å². The van der Waals surface area contributed by atoms with Gasteiger partial charge in [0.2, 0.25) is 0 Å². The van der Waals surface area contributed by atoms with Gasteiger partial charge in [-0.05, 0) is 30.3 Å². The molecule has 4 aromatic heterocycles. The lowest BCUT2D eigenvalue weighted by molar-refractivity contribution is -0.138. The van der Waals surface area contributed by atoms with Crippen LogP contribution in [0, 0.1) is 0 Å². The highest BCUT2D eigenvalue weighted by Crippen LogP contribution is 2.35. The van der Waals surface area contributed by atoms with Crippen molar-refractivity contribution >= 4 is 22.5 Å². The van der Waals surface area contributed by atoms with Crippen LogP contribution in [0.4, 0.5) is 37.8 Å². The maximum Gasteiger partial charge on any atom is 0.419 e. The van der Waals surface area contributed by atoms with Crippen molar-refractivity contribution in [3.05, 3.63) is 70.5 Å². The second kappa shape index (κ2) is 7.59. The summed E-state index contributed by atoms with van der Waals surface area (Å²) in [6.07, 6.45) is -6.92. The summed E-state index contributed by atoms with van der Waals surface area (Å²) >= 11 is 0. The number of hydrogen-bond acceptors (Lipinski definition) is 6. The van der Waals surface area contributed by atoms with E-state index in [-0.39, 0.29) is 17.2 Å². The molecule has 0 aliphatic rings. The van der Waals surface area contributed by atoms with E-state index in [4.69, 9.17) is 0 Å². The number of H-pyrrole nitrogens is 1. The van der Waals surface area contributed by atoms with Crippen LogP contribution in [0.1, 0.15) is 11.1 Å². The fraction of sp³-hybridized carbons (Fsp3) is 0.105. The van der Waals surface area contributed by atoms with Crippen molar-refractivity contribution in [2.24, 2.45) is 0 Å². The van der Waals surface area contributed by atoms with Gasteiger partial charge >= 0.3 is 18.0 Å². The molecule has 0 saturated carbocycles. The monoisotopic (exact) mass is 452 g/mol. The van der Waals surface area contributed by atoms with E-state index in [1.54, 1.807) is 0 Å². The highest BCUT2D eigenvalue weighted by molar-refractivity contribution is 5.91. The van der Waals surface area contributed by atoms with Gasteiger partial charge in [-0.15, -0.1) is 0 Å². The number of fused-ring (bicyclic) bond motifs is 1. The van der Waals surface area contributed by atoms with Gasteiger partial charge < -0.3 is 10.3 Å². The van der Waals surface area contributed by atoms with Gasteiger partial charge in [0.25, 0.3) is 0 Å². The molecule has 0 fully saturated rings. The lowest BCUT2D eigenvalue weighted by Gasteiger charge is -2.13. The van der Waals surface area contributed by atoms with Crippen LogP contribution in [0.25, 0.3) is 22.4 Å². The summed E-state index contributed by atoms with van der Waals surface area (Å²) in [7, 11) is 0. The van der Waals surface area contributed by atoms with Crippen LogP contribution in [0.15, 0.2) is 53.7 Å². The molecule has 0 atom stereocenters. The van der Waals surface area contributed by atoms with Crippen molar-refractivity contribution in [2.45, 2.75) is 12.4 Å². The summed E-state index contributed by atoms with van der Waals surface area (Å²) in [4.78, 5) is 28.5. The summed E-state index contributed by atoms with van der Waals surface area (Å²) in [5.74, 6) is 0.104. The van der Waals surface area contributed by atoms with Crippen LogP contribution in [0.3, 0.4) is 0 Å². The van der Waals surface area contributed by atoms with E-state index in [0.29, 0.717) is 23.5 Å². The van der Waals surface area contributed by atoms with Gasteiger partial charge in [0.05, 0.1) is 28.2 Å². The highest BCUT2D eigenvalue weighted by Gasteiger charge is 2.35. The average Bonchev–Trinajstić information content (AvgIpc) is 2.72. The average molecular weight is 452 g/mol. The Hall–Kier alpha value is -4.03. The molecule has 0 spiro atoms. The van der Waals surface area contributed by atoms with E-state index < -0.39 is 34.9 Å². The van der Waals surface area contributed by atoms with Gasteiger partial charge in [0.1, 0.15) is 5.82 Å². The van der Waals surface area contributed by atoms with Crippen LogP contribution in [-0.4, -0.2) is 24.9 Å². The second-order valence-electron chi connectivity index (χ2n) is 6.46. The minimum absolute atomic E-state index is 0.0326. The molecule has 32 heavy (non-hydrogen) atoms. The van der Waals surface area contributed by atoms with Crippen LogP contribution in [0.2, 0.25) is 0 Å². The fourth-order valence-electron chi connectivity index (χ4n) is 2.86. The van der Waals surface area contributed by atoms with Gasteiger partial charge in [-0.3, -0.25) is 0 Å². The zero-order valence-electron chi connectivity index (χ0n) is 15.6. The summed E-state index contributed by atoms with van der Waals surface area (Å²) in [6.45, 7) is 0. The molecule has 0 radical (unpaired) electrons. The Bertz CT molecular complexity index is 1350. The van der Waals surface area contributed by atoms with Gasteiger partial charge in [0.15, 0.2) is 5.65 Å². The first kappa shape index (κ1) is 21.2. The maximum atomic E-state index is 13.3. The molecular formula is C19H10F6N6O. The van der Waals surface area contributed by atoms with Crippen molar-refractivity contribution in [3.63, 3.8) is 0 Å². The highest BCUT2D eigenvalue weighted by atomic mass is 19.4. The van der Waals surface area contributed by atoms with Gasteiger partial charge in [-0.25, -0.2) is 24.7 Å². The summed E-state index contributed by atoms with van der Waals surface area (Å²) in [6, 6.07) is 6.14. The predicted molar refractivity (Wildman–Crippen MR) is 101 cm³/mol. The first-order chi connectivity index (χ1) is 15.0. The third-order valence-electron chi connectivity index (χ3n) is 4.33. The maximum absolute atomic E-state index is 13.3. The third-order valence-corrected chi connectivity index (χ3v) is 4.33. The molecule has 4 aromatic rings. The number of nitrogens with zero attached hydrogens (tertiary/aromatic N) is 4. The molecule has 13 heteroatoms. The second-order valence-corrected chi connectivity index (χ2v) is 6.46. The molecule has 0 unspecified atom stereocenters. The van der Waals surface area contributed by atoms with Crippen molar-refractivity contribution < 1.29 is 26.3 Å². The zero-order chi connectivity index (χ0) is 23.1. The van der Waals surface area contributed by atoms with Crippen molar-refractivity contribution in [2.75, 3.05) is 5.32 Å². The molecule has 7 nitrogen and oxygen atoms in total. The number of rotatable bonds is 3. The lowest BCUT2D eigenvalue weighted by Crippen LogP contribution is -2.18. The predicted octanol–water partition coefficient (Wildman–Crippen LogP) is 4.56. The molecule has 0 aliphatic heterocycles. The van der Waals surface area contributed by atoms with Gasteiger partial charge in [-0.2, -0.15) is 26.3 Å². The molecular weight excluding hydrogens is 442 g/mol. The Balaban J connectivity index is 1.73. The first-order valence-electron chi connectivity index (χ1n) is 8.75. The summed E-state index contributed by atoms with van der Waals surface area (Å²) < 4.78 is 77.9. The standard InChI is InChI=1S/C19H10F6N6O/c20-18(21,22)9-1-4-14(27-7-9)29-12-5-6-26-16-10(12)2-3-13(30-16)15-11(19(23,24)25)8-28-17(32)31-15/h1-8H,(H,28,31,32)(H,26,27,29,30). The van der Waals surface area contributed by atoms with E-state index in [1.165, 1.54) is 24.4 Å². The van der Waals surface area contributed by atoms with Crippen LogP contribution in [0.5, 0.6) is 0 Å². The van der Waals surface area contributed by atoms with Crippen molar-refractivity contribution in [1.29, 1.82) is 0 Å². The number of nitrogens with one attached hydrogen (secondary N) is 2. The molecule has 0 aliphatic carbocycles.